The molecule has 0 aliphatic carbocycles. The van der Waals surface area contributed by atoms with Crippen molar-refractivity contribution in [3.8, 4) is 0 Å². The van der Waals surface area contributed by atoms with E-state index in [1.165, 1.54) is 51.4 Å². The van der Waals surface area contributed by atoms with E-state index in [2.05, 4.69) is 6.92 Å². The standard InChI is InChI=1S/C18H30O3S.CH4O.Fe/c1-2-3-4-5-6-7-8-9-10-14-17-21-22(19,20)18-15-12-11-13-16-18;1-2;/h11-13,15-16H,2-10,14,17H2,1H3;2H,1H3;. The molecule has 0 unspecified atom stereocenters. The van der Waals surface area contributed by atoms with Crippen LogP contribution in [0.3, 0.4) is 0 Å². The van der Waals surface area contributed by atoms with Gasteiger partial charge in [0, 0.05) is 24.2 Å². The third-order valence-electron chi connectivity index (χ3n) is 3.77. The monoisotopic (exact) mass is 414 g/mol. The van der Waals surface area contributed by atoms with Gasteiger partial charge in [-0.25, -0.2) is 0 Å². The molecule has 0 amide bonds. The molecule has 0 heterocycles. The van der Waals surface area contributed by atoms with Crippen LogP contribution in [-0.4, -0.2) is 27.2 Å². The van der Waals surface area contributed by atoms with Crippen molar-refractivity contribution in [3.05, 3.63) is 30.3 Å². The Morgan fingerprint density at radius 2 is 1.24 bits per heavy atom. The van der Waals surface area contributed by atoms with Crippen LogP contribution in [0.1, 0.15) is 71.1 Å². The SMILES string of the molecule is CCCCCCCCCCCCOS(=O)(=O)c1ccccc1.CO.[Fe]. The van der Waals surface area contributed by atoms with E-state index >= 15 is 0 Å². The summed E-state index contributed by atoms with van der Waals surface area (Å²) < 4.78 is 28.8. The summed E-state index contributed by atoms with van der Waals surface area (Å²) in [6.45, 7) is 2.52. The van der Waals surface area contributed by atoms with Crippen LogP contribution in [-0.2, 0) is 31.4 Å². The molecule has 25 heavy (non-hydrogen) atoms. The van der Waals surface area contributed by atoms with Gasteiger partial charge in [0.1, 0.15) is 0 Å². The van der Waals surface area contributed by atoms with Gasteiger partial charge in [-0.05, 0) is 18.6 Å². The Balaban J connectivity index is 0. The zero-order chi connectivity index (χ0) is 18.1. The summed E-state index contributed by atoms with van der Waals surface area (Å²) in [5.74, 6) is 0. The summed E-state index contributed by atoms with van der Waals surface area (Å²) in [5.41, 5.74) is 0. The Morgan fingerprint density at radius 1 is 0.800 bits per heavy atom. The molecular formula is C19H34FeO4S. The molecule has 0 bridgehead atoms. The van der Waals surface area contributed by atoms with E-state index in [1.54, 1.807) is 30.3 Å². The third-order valence-corrected chi connectivity index (χ3v) is 5.09. The van der Waals surface area contributed by atoms with Gasteiger partial charge in [0.05, 0.1) is 11.5 Å². The van der Waals surface area contributed by atoms with Crippen molar-refractivity contribution in [2.75, 3.05) is 13.7 Å². The summed E-state index contributed by atoms with van der Waals surface area (Å²) in [4.78, 5) is 0.238. The maximum Gasteiger partial charge on any atom is 0.296 e. The second kappa shape index (κ2) is 18.4. The zero-order valence-corrected chi connectivity index (χ0v) is 17.5. The van der Waals surface area contributed by atoms with Gasteiger partial charge in [-0.15, -0.1) is 0 Å². The average molecular weight is 414 g/mol. The summed E-state index contributed by atoms with van der Waals surface area (Å²) in [6, 6.07) is 8.33. The Kier molecular flexibility index (Phi) is 19.8. The smallest absolute Gasteiger partial charge is 0.296 e. The molecule has 4 nitrogen and oxygen atoms in total. The summed E-state index contributed by atoms with van der Waals surface area (Å²) in [5, 5.41) is 7.00. The number of benzene rings is 1. The summed E-state index contributed by atoms with van der Waals surface area (Å²) in [7, 11) is -2.57. The normalized spacial score (nSPS) is 10.5. The van der Waals surface area contributed by atoms with Gasteiger partial charge in [-0.1, -0.05) is 82.9 Å². The van der Waals surface area contributed by atoms with Gasteiger partial charge in [-0.3, -0.25) is 4.18 Å². The van der Waals surface area contributed by atoms with E-state index in [9.17, 15) is 8.42 Å². The van der Waals surface area contributed by atoms with E-state index in [-0.39, 0.29) is 28.6 Å². The van der Waals surface area contributed by atoms with Crippen LogP contribution < -0.4 is 0 Å². The first-order valence-corrected chi connectivity index (χ1v) is 10.5. The van der Waals surface area contributed by atoms with E-state index in [4.69, 9.17) is 9.29 Å². The average Bonchev–Trinajstić information content (AvgIpc) is 2.62. The predicted molar refractivity (Wildman–Crippen MR) is 99.6 cm³/mol. The Labute approximate surface area is 165 Å². The molecule has 0 spiro atoms. The molecule has 148 valence electrons. The molecule has 1 rings (SSSR count). The molecule has 0 aliphatic heterocycles. The van der Waals surface area contributed by atoms with Crippen molar-refractivity contribution in [2.24, 2.45) is 0 Å². The van der Waals surface area contributed by atoms with Crippen molar-refractivity contribution in [1.29, 1.82) is 0 Å². The van der Waals surface area contributed by atoms with Gasteiger partial charge in [0.2, 0.25) is 0 Å². The summed E-state index contributed by atoms with van der Waals surface area (Å²) >= 11 is 0. The fourth-order valence-electron chi connectivity index (χ4n) is 2.41. The molecule has 0 fully saturated rings. The van der Waals surface area contributed by atoms with Crippen LogP contribution >= 0.6 is 0 Å². The van der Waals surface area contributed by atoms with Gasteiger partial charge in [0.15, 0.2) is 0 Å². The van der Waals surface area contributed by atoms with Crippen LogP contribution in [0.2, 0.25) is 0 Å². The molecule has 0 saturated heterocycles. The molecule has 1 aromatic carbocycles. The minimum absolute atomic E-state index is 0. The minimum atomic E-state index is -3.57. The fourth-order valence-corrected chi connectivity index (χ4v) is 3.38. The van der Waals surface area contributed by atoms with E-state index in [0.29, 0.717) is 0 Å². The van der Waals surface area contributed by atoms with Crippen LogP contribution in [0.25, 0.3) is 0 Å². The van der Waals surface area contributed by atoms with Gasteiger partial charge >= 0.3 is 0 Å². The van der Waals surface area contributed by atoms with Crippen molar-refractivity contribution in [1.82, 2.24) is 0 Å². The Hall–Kier alpha value is -0.391. The van der Waals surface area contributed by atoms with E-state index in [0.717, 1.165) is 20.0 Å². The second-order valence-electron chi connectivity index (χ2n) is 5.77. The van der Waals surface area contributed by atoms with Crippen molar-refractivity contribution in [3.63, 3.8) is 0 Å². The molecule has 0 saturated carbocycles. The first-order chi connectivity index (χ1) is 11.7. The van der Waals surface area contributed by atoms with Crippen molar-refractivity contribution < 1.29 is 34.8 Å². The largest absolute Gasteiger partial charge is 0.400 e. The quantitative estimate of drug-likeness (QED) is 0.283. The van der Waals surface area contributed by atoms with Crippen molar-refractivity contribution in [2.45, 2.75) is 76.0 Å². The molecule has 0 aliphatic rings. The molecule has 1 N–H and O–H groups in total. The van der Waals surface area contributed by atoms with E-state index in [1.807, 2.05) is 0 Å². The number of unbranched alkanes of at least 4 members (excludes halogenated alkanes) is 9. The maximum absolute atomic E-state index is 11.9. The number of hydrogen-bond donors (Lipinski definition) is 1. The van der Waals surface area contributed by atoms with Gasteiger partial charge in [0.25, 0.3) is 10.1 Å². The third kappa shape index (κ3) is 14.5. The second-order valence-corrected chi connectivity index (χ2v) is 7.39. The molecular weight excluding hydrogens is 380 g/mol. The van der Waals surface area contributed by atoms with Crippen LogP contribution in [0.5, 0.6) is 0 Å². The zero-order valence-electron chi connectivity index (χ0n) is 15.6. The minimum Gasteiger partial charge on any atom is -0.400 e. The van der Waals surface area contributed by atoms with Crippen molar-refractivity contribution >= 4 is 10.1 Å². The first-order valence-electron chi connectivity index (χ1n) is 9.06. The van der Waals surface area contributed by atoms with Gasteiger partial charge in [-0.2, -0.15) is 8.42 Å². The number of aliphatic hydroxyl groups is 1. The predicted octanol–water partition coefficient (Wildman–Crippen LogP) is 4.92. The number of rotatable bonds is 13. The molecule has 1 aromatic rings. The Bertz CT molecular complexity index is 477. The molecule has 0 aromatic heterocycles. The molecule has 6 heteroatoms. The number of aliphatic hydroxyl groups excluding tert-OH is 1. The van der Waals surface area contributed by atoms with Crippen LogP contribution in [0.4, 0.5) is 0 Å². The van der Waals surface area contributed by atoms with Gasteiger partial charge < -0.3 is 5.11 Å². The molecule has 0 atom stereocenters. The maximum atomic E-state index is 11.9. The van der Waals surface area contributed by atoms with Crippen LogP contribution in [0.15, 0.2) is 35.2 Å². The van der Waals surface area contributed by atoms with Crippen LogP contribution in [0, 0.1) is 0 Å². The number of hydrogen-bond acceptors (Lipinski definition) is 4. The fraction of sp³-hybridized carbons (Fsp3) is 0.684. The topological polar surface area (TPSA) is 63.6 Å². The summed E-state index contributed by atoms with van der Waals surface area (Å²) in [6.07, 6.45) is 12.3. The first kappa shape index (κ1) is 26.8. The molecule has 0 radical (unpaired) electrons. The van der Waals surface area contributed by atoms with E-state index < -0.39 is 10.1 Å². The Morgan fingerprint density at radius 3 is 1.72 bits per heavy atom.